The van der Waals surface area contributed by atoms with Gasteiger partial charge in [0.25, 0.3) is 11.8 Å². The van der Waals surface area contributed by atoms with Gasteiger partial charge < -0.3 is 19.4 Å². The zero-order valence-electron chi connectivity index (χ0n) is 14.4. The van der Waals surface area contributed by atoms with E-state index in [0.29, 0.717) is 6.54 Å². The average Bonchev–Trinajstić information content (AvgIpc) is 3.20. The summed E-state index contributed by atoms with van der Waals surface area (Å²) in [4.78, 5) is 38.0. The number of rotatable bonds is 5. The molecule has 2 amide bonds. The van der Waals surface area contributed by atoms with Gasteiger partial charge in [0.1, 0.15) is 6.54 Å². The van der Waals surface area contributed by atoms with Gasteiger partial charge >= 0.3 is 5.97 Å². The van der Waals surface area contributed by atoms with Crippen molar-refractivity contribution in [2.45, 2.75) is 25.9 Å². The van der Waals surface area contributed by atoms with E-state index in [-0.39, 0.29) is 18.2 Å². The number of carbonyl (C=O) groups excluding carboxylic acids is 3. The predicted octanol–water partition coefficient (Wildman–Crippen LogP) is 1.92. The number of nitrogens with zero attached hydrogens (tertiary/aromatic N) is 1. The maximum Gasteiger partial charge on any atom is 0.326 e. The van der Waals surface area contributed by atoms with Crippen LogP contribution in [0.15, 0.2) is 47.1 Å². The molecule has 0 fully saturated rings. The van der Waals surface area contributed by atoms with E-state index in [0.717, 1.165) is 24.1 Å². The van der Waals surface area contributed by atoms with E-state index >= 15 is 0 Å². The zero-order valence-corrected chi connectivity index (χ0v) is 14.4. The number of furan rings is 1. The van der Waals surface area contributed by atoms with E-state index in [1.165, 1.54) is 19.3 Å². The number of amides is 2. The van der Waals surface area contributed by atoms with Crippen molar-refractivity contribution >= 4 is 23.5 Å². The number of esters is 1. The first kappa shape index (κ1) is 17.7. The highest BCUT2D eigenvalue weighted by Gasteiger charge is 2.28. The summed E-state index contributed by atoms with van der Waals surface area (Å²) in [6, 6.07) is 10.8. The second-order valence-corrected chi connectivity index (χ2v) is 6.01. The summed E-state index contributed by atoms with van der Waals surface area (Å²) in [6.07, 6.45) is 2.22. The molecule has 1 unspecified atom stereocenters. The number of hydrogen-bond acceptors (Lipinski definition) is 5. The van der Waals surface area contributed by atoms with Gasteiger partial charge in [0.15, 0.2) is 11.9 Å². The Morgan fingerprint density at radius 1 is 1.23 bits per heavy atom. The second kappa shape index (κ2) is 7.86. The molecule has 3 rings (SSSR count). The number of nitrogens with one attached hydrogen (secondary N) is 1. The lowest BCUT2D eigenvalue weighted by Gasteiger charge is -2.31. The van der Waals surface area contributed by atoms with Crippen molar-refractivity contribution in [2.75, 3.05) is 18.0 Å². The van der Waals surface area contributed by atoms with Crippen molar-refractivity contribution in [1.29, 1.82) is 0 Å². The first-order valence-electron chi connectivity index (χ1n) is 8.46. The van der Waals surface area contributed by atoms with E-state index in [1.54, 1.807) is 11.0 Å². The van der Waals surface area contributed by atoms with Gasteiger partial charge in [0, 0.05) is 12.2 Å². The monoisotopic (exact) mass is 356 g/mol. The molecule has 1 aromatic heterocycles. The Balaban J connectivity index is 1.54. The number of ether oxygens (including phenoxy) is 1. The van der Waals surface area contributed by atoms with Crippen LogP contribution in [0.3, 0.4) is 0 Å². The molecule has 1 aliphatic heterocycles. The number of hydrogen-bond donors (Lipinski definition) is 1. The van der Waals surface area contributed by atoms with Crippen molar-refractivity contribution in [3.8, 4) is 0 Å². The topological polar surface area (TPSA) is 88.8 Å². The lowest BCUT2D eigenvalue weighted by Crippen LogP contribution is -2.43. The summed E-state index contributed by atoms with van der Waals surface area (Å²) >= 11 is 0. The molecule has 7 heteroatoms. The van der Waals surface area contributed by atoms with Crippen LogP contribution in [-0.2, 0) is 20.7 Å². The Labute approximate surface area is 150 Å². The van der Waals surface area contributed by atoms with Crippen molar-refractivity contribution in [1.82, 2.24) is 5.32 Å². The molecule has 136 valence electrons. The number of benzene rings is 1. The maximum absolute atomic E-state index is 12.7. The normalized spacial score (nSPS) is 14.3. The van der Waals surface area contributed by atoms with Gasteiger partial charge in [-0.15, -0.1) is 0 Å². The van der Waals surface area contributed by atoms with Crippen LogP contribution in [0.4, 0.5) is 5.69 Å². The molecule has 1 atom stereocenters. The van der Waals surface area contributed by atoms with E-state index < -0.39 is 18.0 Å². The zero-order chi connectivity index (χ0) is 18.5. The Bertz CT molecular complexity index is 800. The Kier molecular flexibility index (Phi) is 5.36. The number of anilines is 1. The van der Waals surface area contributed by atoms with Crippen molar-refractivity contribution in [3.05, 3.63) is 54.0 Å². The molecule has 0 saturated carbocycles. The fraction of sp³-hybridized carbons (Fsp3) is 0.316. The number of aryl methyl sites for hydroxylation is 1. The summed E-state index contributed by atoms with van der Waals surface area (Å²) in [6.45, 7) is 1.78. The highest BCUT2D eigenvalue weighted by atomic mass is 16.5. The minimum absolute atomic E-state index is 0.104. The minimum atomic E-state index is -0.936. The van der Waals surface area contributed by atoms with Crippen molar-refractivity contribution in [2.24, 2.45) is 0 Å². The number of carbonyl (C=O) groups is 3. The fourth-order valence-electron chi connectivity index (χ4n) is 2.92. The summed E-state index contributed by atoms with van der Waals surface area (Å²) in [5.41, 5.74) is 1.97. The van der Waals surface area contributed by atoms with Crippen LogP contribution in [0, 0.1) is 0 Å². The van der Waals surface area contributed by atoms with Crippen LogP contribution in [-0.4, -0.2) is 37.0 Å². The van der Waals surface area contributed by atoms with Crippen molar-refractivity contribution < 1.29 is 23.5 Å². The summed E-state index contributed by atoms with van der Waals surface area (Å²) in [5.74, 6) is -1.37. The van der Waals surface area contributed by atoms with Crippen LogP contribution < -0.4 is 10.2 Å². The predicted molar refractivity (Wildman–Crippen MR) is 93.7 cm³/mol. The highest BCUT2D eigenvalue weighted by Crippen LogP contribution is 2.27. The van der Waals surface area contributed by atoms with E-state index in [4.69, 9.17) is 9.15 Å². The van der Waals surface area contributed by atoms with Gasteiger partial charge in [-0.1, -0.05) is 18.2 Å². The van der Waals surface area contributed by atoms with Crippen LogP contribution >= 0.6 is 0 Å². The highest BCUT2D eigenvalue weighted by molar-refractivity contribution is 5.98. The molecule has 26 heavy (non-hydrogen) atoms. The van der Waals surface area contributed by atoms with Crippen molar-refractivity contribution in [3.63, 3.8) is 0 Å². The van der Waals surface area contributed by atoms with Gasteiger partial charge in [0.05, 0.1) is 6.26 Å². The summed E-state index contributed by atoms with van der Waals surface area (Å²) in [7, 11) is 0. The van der Waals surface area contributed by atoms with Crippen LogP contribution in [0.2, 0.25) is 0 Å². The molecular weight excluding hydrogens is 336 g/mol. The van der Waals surface area contributed by atoms with Gasteiger partial charge in [-0.05, 0) is 43.5 Å². The summed E-state index contributed by atoms with van der Waals surface area (Å²) in [5, 5.41) is 2.39. The quantitative estimate of drug-likeness (QED) is 0.827. The third-order valence-corrected chi connectivity index (χ3v) is 4.17. The lowest BCUT2D eigenvalue weighted by atomic mass is 10.0. The summed E-state index contributed by atoms with van der Waals surface area (Å²) < 4.78 is 10.1. The molecule has 0 aliphatic carbocycles. The minimum Gasteiger partial charge on any atom is -0.459 e. The van der Waals surface area contributed by atoms with Gasteiger partial charge in [-0.3, -0.25) is 14.4 Å². The molecule has 0 bridgehead atoms. The lowest BCUT2D eigenvalue weighted by molar-refractivity contribution is -0.152. The van der Waals surface area contributed by atoms with E-state index in [2.05, 4.69) is 5.32 Å². The number of para-hydroxylation sites is 1. The smallest absolute Gasteiger partial charge is 0.326 e. The van der Waals surface area contributed by atoms with Crippen LogP contribution in [0.1, 0.15) is 29.5 Å². The molecule has 0 radical (unpaired) electrons. The van der Waals surface area contributed by atoms with Crippen LogP contribution in [0.5, 0.6) is 0 Å². The molecule has 7 nitrogen and oxygen atoms in total. The molecule has 0 saturated heterocycles. The molecule has 0 spiro atoms. The van der Waals surface area contributed by atoms with E-state index in [1.807, 2.05) is 24.3 Å². The Morgan fingerprint density at radius 3 is 2.81 bits per heavy atom. The van der Waals surface area contributed by atoms with Crippen LogP contribution in [0.25, 0.3) is 0 Å². The molecule has 1 N–H and O–H groups in total. The van der Waals surface area contributed by atoms with Gasteiger partial charge in [0.2, 0.25) is 0 Å². The third kappa shape index (κ3) is 3.93. The molecule has 2 aromatic rings. The average molecular weight is 356 g/mol. The molecular formula is C19H20N2O5. The fourth-order valence-corrected chi connectivity index (χ4v) is 2.92. The Morgan fingerprint density at radius 2 is 2.04 bits per heavy atom. The standard InChI is InChI=1S/C19H20N2O5/c1-13(26-17(22)12-20-18(23)16-9-5-11-25-16)19(24)21-10-4-7-14-6-2-3-8-15(14)21/h2-3,5-6,8-9,11,13H,4,7,10,12H2,1H3,(H,20,23). The molecule has 1 aliphatic rings. The largest absolute Gasteiger partial charge is 0.459 e. The number of fused-ring (bicyclic) bond motifs is 1. The molecule has 1 aromatic carbocycles. The Hall–Kier alpha value is -3.09. The second-order valence-electron chi connectivity index (χ2n) is 6.01. The first-order chi connectivity index (χ1) is 12.6. The SMILES string of the molecule is CC(OC(=O)CNC(=O)c1ccco1)C(=O)N1CCCc2ccccc21. The maximum atomic E-state index is 12.7. The first-order valence-corrected chi connectivity index (χ1v) is 8.46. The third-order valence-electron chi connectivity index (χ3n) is 4.17. The van der Waals surface area contributed by atoms with Gasteiger partial charge in [-0.25, -0.2) is 0 Å². The van der Waals surface area contributed by atoms with E-state index in [9.17, 15) is 14.4 Å². The molecule has 2 heterocycles. The van der Waals surface area contributed by atoms with Gasteiger partial charge in [-0.2, -0.15) is 0 Å².